The number of nitrogens with zero attached hydrogens (tertiary/aromatic N) is 3. The molecule has 0 radical (unpaired) electrons. The van der Waals surface area contributed by atoms with Gasteiger partial charge in [0.25, 0.3) is 11.9 Å². The van der Waals surface area contributed by atoms with Gasteiger partial charge < -0.3 is 15.0 Å². The first kappa shape index (κ1) is 25.7. The molecule has 1 unspecified atom stereocenters. The summed E-state index contributed by atoms with van der Waals surface area (Å²) in [6.07, 6.45) is -2.75. The standard InChI is InChI=1S/C27H27F4N5O2/c1-15-9-18(5-6-21(15)28)24(17-3-4-17)33-25(37)20-11-16(14-36-7-8-38-26(36)32)10-19(12-20)22-13-23(27(29,30)31)34-35(22)2/h5-6,9-13,17,24,32H,3-4,7-8,14H2,1-2H3,(H,33,37). The number of alkyl halides is 3. The second-order valence-corrected chi connectivity index (χ2v) is 9.83. The molecule has 3 aromatic rings. The van der Waals surface area contributed by atoms with Crippen molar-refractivity contribution in [2.75, 3.05) is 13.2 Å². The van der Waals surface area contributed by atoms with Gasteiger partial charge in [-0.3, -0.25) is 14.9 Å². The highest BCUT2D eigenvalue weighted by atomic mass is 19.4. The lowest BCUT2D eigenvalue weighted by molar-refractivity contribution is -0.141. The van der Waals surface area contributed by atoms with Gasteiger partial charge in [0.15, 0.2) is 5.69 Å². The molecule has 200 valence electrons. The number of carbonyl (C=O) groups is 1. The molecule has 1 aliphatic heterocycles. The van der Waals surface area contributed by atoms with Gasteiger partial charge in [0.1, 0.15) is 12.4 Å². The van der Waals surface area contributed by atoms with E-state index in [9.17, 15) is 22.4 Å². The van der Waals surface area contributed by atoms with Gasteiger partial charge in [-0.25, -0.2) is 4.39 Å². The molecule has 1 atom stereocenters. The number of hydrogen-bond donors (Lipinski definition) is 2. The first-order valence-electron chi connectivity index (χ1n) is 12.3. The molecule has 7 nitrogen and oxygen atoms in total. The van der Waals surface area contributed by atoms with Crippen LogP contribution in [0.3, 0.4) is 0 Å². The quantitative estimate of drug-likeness (QED) is 0.412. The van der Waals surface area contributed by atoms with Crippen molar-refractivity contribution in [2.45, 2.75) is 38.5 Å². The highest BCUT2D eigenvalue weighted by molar-refractivity contribution is 5.96. The lowest BCUT2D eigenvalue weighted by Crippen LogP contribution is -2.30. The summed E-state index contributed by atoms with van der Waals surface area (Å²) in [6, 6.07) is 10.3. The van der Waals surface area contributed by atoms with Gasteiger partial charge in [-0.2, -0.15) is 18.3 Å². The molecule has 1 aromatic heterocycles. The summed E-state index contributed by atoms with van der Waals surface area (Å²) in [5.41, 5.74) is 1.77. The third-order valence-corrected chi connectivity index (χ3v) is 6.90. The van der Waals surface area contributed by atoms with Gasteiger partial charge in [0.2, 0.25) is 0 Å². The number of ether oxygens (including phenoxy) is 1. The Morgan fingerprint density at radius 2 is 1.97 bits per heavy atom. The number of amides is 1. The van der Waals surface area contributed by atoms with Crippen LogP contribution in [0.15, 0.2) is 42.5 Å². The highest BCUT2D eigenvalue weighted by Crippen LogP contribution is 2.41. The average Bonchev–Trinajstić information content (AvgIpc) is 3.50. The van der Waals surface area contributed by atoms with Crippen LogP contribution < -0.4 is 5.32 Å². The van der Waals surface area contributed by atoms with Crippen molar-refractivity contribution in [3.05, 3.63) is 76.2 Å². The van der Waals surface area contributed by atoms with Crippen LogP contribution in [0.1, 0.15) is 51.6 Å². The van der Waals surface area contributed by atoms with E-state index in [1.165, 1.54) is 13.1 Å². The topological polar surface area (TPSA) is 83.2 Å². The summed E-state index contributed by atoms with van der Waals surface area (Å²) in [7, 11) is 1.42. The van der Waals surface area contributed by atoms with Crippen LogP contribution in [-0.2, 0) is 24.5 Å². The zero-order valence-corrected chi connectivity index (χ0v) is 20.9. The molecule has 2 aromatic carbocycles. The molecule has 2 N–H and O–H groups in total. The zero-order valence-electron chi connectivity index (χ0n) is 20.9. The number of benzene rings is 2. The Morgan fingerprint density at radius 3 is 2.58 bits per heavy atom. The van der Waals surface area contributed by atoms with Crippen molar-refractivity contribution in [2.24, 2.45) is 13.0 Å². The van der Waals surface area contributed by atoms with E-state index in [0.717, 1.165) is 29.2 Å². The summed E-state index contributed by atoms with van der Waals surface area (Å²) in [5, 5.41) is 14.6. The second-order valence-electron chi connectivity index (χ2n) is 9.83. The van der Waals surface area contributed by atoms with Crippen molar-refractivity contribution in [3.8, 4) is 11.3 Å². The predicted octanol–water partition coefficient (Wildman–Crippen LogP) is 5.20. The molecule has 1 saturated heterocycles. The van der Waals surface area contributed by atoms with Gasteiger partial charge in [-0.15, -0.1) is 0 Å². The van der Waals surface area contributed by atoms with Crippen LogP contribution in [0.2, 0.25) is 0 Å². The third kappa shape index (κ3) is 5.36. The summed E-state index contributed by atoms with van der Waals surface area (Å²) in [5.74, 6) is -0.490. The Balaban J connectivity index is 1.50. The van der Waals surface area contributed by atoms with E-state index in [1.54, 1.807) is 42.2 Å². The number of rotatable bonds is 7. The Morgan fingerprint density at radius 1 is 1.21 bits per heavy atom. The fourth-order valence-electron chi connectivity index (χ4n) is 4.74. The monoisotopic (exact) mass is 529 g/mol. The fraction of sp³-hybridized carbons (Fsp3) is 0.370. The van der Waals surface area contributed by atoms with Crippen LogP contribution in [0.25, 0.3) is 11.3 Å². The summed E-state index contributed by atoms with van der Waals surface area (Å²) in [6.45, 7) is 2.77. The largest absolute Gasteiger partial charge is 0.463 e. The van der Waals surface area contributed by atoms with Crippen molar-refractivity contribution in [1.29, 1.82) is 5.41 Å². The van der Waals surface area contributed by atoms with E-state index < -0.39 is 17.8 Å². The minimum Gasteiger partial charge on any atom is -0.463 e. The normalized spacial score (nSPS) is 16.5. The summed E-state index contributed by atoms with van der Waals surface area (Å²) >= 11 is 0. The van der Waals surface area contributed by atoms with Crippen LogP contribution >= 0.6 is 0 Å². The molecule has 2 aliphatic rings. The maximum atomic E-state index is 13.9. The Bertz CT molecular complexity index is 1400. The first-order valence-corrected chi connectivity index (χ1v) is 12.3. The number of nitrogens with one attached hydrogen (secondary N) is 2. The van der Waals surface area contributed by atoms with Gasteiger partial charge in [-0.05, 0) is 72.7 Å². The van der Waals surface area contributed by atoms with Gasteiger partial charge >= 0.3 is 6.18 Å². The van der Waals surface area contributed by atoms with Gasteiger partial charge in [0, 0.05) is 24.7 Å². The fourth-order valence-corrected chi connectivity index (χ4v) is 4.74. The molecule has 1 amide bonds. The minimum atomic E-state index is -4.61. The minimum absolute atomic E-state index is 0.00164. The Labute approximate surface area is 216 Å². The molecule has 11 heteroatoms. The second kappa shape index (κ2) is 9.77. The van der Waals surface area contributed by atoms with Crippen LogP contribution in [-0.4, -0.2) is 39.8 Å². The first-order chi connectivity index (χ1) is 18.0. The lowest BCUT2D eigenvalue weighted by Gasteiger charge is -2.21. The molecule has 0 spiro atoms. The third-order valence-electron chi connectivity index (χ3n) is 6.90. The Hall–Kier alpha value is -3.89. The molecule has 0 bridgehead atoms. The number of amidine groups is 1. The molecule has 38 heavy (non-hydrogen) atoms. The van der Waals surface area contributed by atoms with E-state index in [0.29, 0.717) is 29.8 Å². The van der Waals surface area contributed by atoms with Gasteiger partial charge in [0.05, 0.1) is 18.3 Å². The molecular weight excluding hydrogens is 502 g/mol. The lowest BCUT2D eigenvalue weighted by atomic mass is 9.98. The maximum absolute atomic E-state index is 13.9. The van der Waals surface area contributed by atoms with E-state index >= 15 is 0 Å². The van der Waals surface area contributed by atoms with Gasteiger partial charge in [-0.1, -0.05) is 12.1 Å². The van der Waals surface area contributed by atoms with E-state index in [-0.39, 0.29) is 41.6 Å². The Kier molecular flexibility index (Phi) is 6.62. The molecule has 1 saturated carbocycles. The predicted molar refractivity (Wildman–Crippen MR) is 132 cm³/mol. The summed E-state index contributed by atoms with van der Waals surface area (Å²) in [4.78, 5) is 15.2. The molecule has 2 heterocycles. The van der Waals surface area contributed by atoms with Crippen molar-refractivity contribution >= 4 is 11.9 Å². The van der Waals surface area contributed by atoms with Crippen molar-refractivity contribution < 1.29 is 27.1 Å². The maximum Gasteiger partial charge on any atom is 0.435 e. The molecule has 5 rings (SSSR count). The number of aromatic nitrogens is 2. The molecular formula is C27H27F4N5O2. The van der Waals surface area contributed by atoms with Crippen LogP contribution in [0.5, 0.6) is 0 Å². The van der Waals surface area contributed by atoms with E-state index in [2.05, 4.69) is 10.4 Å². The zero-order chi connectivity index (χ0) is 27.2. The van der Waals surface area contributed by atoms with Crippen molar-refractivity contribution in [3.63, 3.8) is 0 Å². The van der Waals surface area contributed by atoms with Crippen LogP contribution in [0, 0.1) is 24.1 Å². The SMILES string of the molecule is Cc1cc(C(NC(=O)c2cc(CN3CCOC3=N)cc(-c3cc(C(F)(F)F)nn3C)c2)C2CC2)ccc1F. The average molecular weight is 530 g/mol. The molecule has 1 aliphatic carbocycles. The number of hydrogen-bond acceptors (Lipinski definition) is 4. The van der Waals surface area contributed by atoms with Crippen LogP contribution in [0.4, 0.5) is 17.6 Å². The van der Waals surface area contributed by atoms with E-state index in [1.807, 2.05) is 0 Å². The number of halogens is 4. The smallest absolute Gasteiger partial charge is 0.435 e. The molecule has 2 fully saturated rings. The number of aryl methyl sites for hydroxylation is 2. The van der Waals surface area contributed by atoms with E-state index in [4.69, 9.17) is 10.1 Å². The number of carbonyl (C=O) groups excluding carboxylic acids is 1. The summed E-state index contributed by atoms with van der Waals surface area (Å²) < 4.78 is 60.2. The van der Waals surface area contributed by atoms with Crippen molar-refractivity contribution in [1.82, 2.24) is 20.0 Å². The highest BCUT2D eigenvalue weighted by Gasteiger charge is 2.36.